The van der Waals surface area contributed by atoms with E-state index in [1.165, 1.54) is 78.3 Å². The quantitative estimate of drug-likeness (QED) is 0.198. The first-order valence-corrected chi connectivity index (χ1v) is 16.3. The Morgan fingerprint density at radius 2 is 1.00 bits per heavy atom. The van der Waals surface area contributed by atoms with E-state index in [0.29, 0.717) is 0 Å². The molecule has 9 rings (SSSR count). The fourth-order valence-electron chi connectivity index (χ4n) is 8.27. The second kappa shape index (κ2) is 9.58. The van der Waals surface area contributed by atoms with Gasteiger partial charge in [-0.05, 0) is 81.9 Å². The highest BCUT2D eigenvalue weighted by molar-refractivity contribution is 6.03. The summed E-state index contributed by atoms with van der Waals surface area (Å²) in [7, 11) is 0. The van der Waals surface area contributed by atoms with Crippen molar-refractivity contribution in [2.24, 2.45) is 0 Å². The van der Waals surface area contributed by atoms with Gasteiger partial charge in [0.2, 0.25) is 0 Å². The Labute approximate surface area is 271 Å². The summed E-state index contributed by atoms with van der Waals surface area (Å²) in [6, 6.07) is 53.7. The number of rotatable bonds is 3. The van der Waals surface area contributed by atoms with Gasteiger partial charge >= 0.3 is 0 Å². The van der Waals surface area contributed by atoms with Crippen molar-refractivity contribution in [3.63, 3.8) is 0 Å². The summed E-state index contributed by atoms with van der Waals surface area (Å²) in [5.74, 6) is 0. The molecule has 0 aliphatic carbocycles. The summed E-state index contributed by atoms with van der Waals surface area (Å²) in [6.07, 6.45) is 0. The van der Waals surface area contributed by atoms with Gasteiger partial charge in [-0.15, -0.1) is 0 Å². The first-order chi connectivity index (χ1) is 22.4. The van der Waals surface area contributed by atoms with Crippen LogP contribution in [0.4, 0.5) is 17.1 Å². The molecule has 46 heavy (non-hydrogen) atoms. The fraction of sp³-hybridized carbons (Fsp3) is 0.136. The minimum atomic E-state index is -0.155. The van der Waals surface area contributed by atoms with Crippen molar-refractivity contribution >= 4 is 28.0 Å². The molecule has 0 unspecified atom stereocenters. The van der Waals surface area contributed by atoms with Crippen LogP contribution >= 0.6 is 0 Å². The molecule has 1 aromatic heterocycles. The van der Waals surface area contributed by atoms with Gasteiger partial charge in [0.25, 0.3) is 0 Å². The van der Waals surface area contributed by atoms with Gasteiger partial charge < -0.3 is 9.47 Å². The van der Waals surface area contributed by atoms with E-state index in [1.807, 2.05) is 0 Å². The van der Waals surface area contributed by atoms with E-state index in [1.54, 1.807) is 0 Å². The van der Waals surface area contributed by atoms with Crippen LogP contribution in [0.1, 0.15) is 50.1 Å². The van der Waals surface area contributed by atoms with Gasteiger partial charge in [-0.3, -0.25) is 0 Å². The standard InChI is InChI=1S/C44H36N2/c1-43(2)34-19-11-13-21-38(34)45(32-17-9-6-10-18-32)40-26-24-31(28-36(40)43)30-23-25-37-33(27-30)41(29-15-7-5-8-16-29)42-44(3,4)35-20-12-14-22-39(35)46(37)42/h5-28H,1-4H3. The van der Waals surface area contributed by atoms with Crippen molar-refractivity contribution in [1.29, 1.82) is 0 Å². The predicted molar refractivity (Wildman–Crippen MR) is 193 cm³/mol. The molecule has 0 atom stereocenters. The zero-order chi connectivity index (χ0) is 31.2. The van der Waals surface area contributed by atoms with E-state index in [-0.39, 0.29) is 10.8 Å². The Bertz CT molecular complexity index is 2300. The molecule has 2 aliphatic heterocycles. The normalized spacial score (nSPS) is 15.3. The SMILES string of the molecule is CC1(C)c2ccccc2N(c2ccccc2)c2ccc(-c3ccc4c(c3)c(-c3ccccc3)c3n4-c4ccccc4C3(C)C)cc21. The highest BCUT2D eigenvalue weighted by Gasteiger charge is 2.41. The van der Waals surface area contributed by atoms with Crippen LogP contribution in [0.2, 0.25) is 0 Å². The molecule has 0 saturated heterocycles. The zero-order valence-corrected chi connectivity index (χ0v) is 26.8. The van der Waals surface area contributed by atoms with E-state index >= 15 is 0 Å². The minimum absolute atomic E-state index is 0.120. The van der Waals surface area contributed by atoms with E-state index in [9.17, 15) is 0 Å². The van der Waals surface area contributed by atoms with E-state index in [0.717, 1.165) is 0 Å². The average Bonchev–Trinajstić information content (AvgIpc) is 3.55. The number of nitrogens with zero attached hydrogens (tertiary/aromatic N) is 2. The molecule has 0 radical (unpaired) electrons. The van der Waals surface area contributed by atoms with Crippen molar-refractivity contribution in [1.82, 2.24) is 4.57 Å². The van der Waals surface area contributed by atoms with Crippen LogP contribution in [0.25, 0.3) is 38.8 Å². The summed E-state index contributed by atoms with van der Waals surface area (Å²) in [6.45, 7) is 9.48. The third kappa shape index (κ3) is 3.64. The summed E-state index contributed by atoms with van der Waals surface area (Å²) in [5, 5.41) is 1.30. The lowest BCUT2D eigenvalue weighted by Crippen LogP contribution is -2.30. The lowest BCUT2D eigenvalue weighted by molar-refractivity contribution is 0.632. The summed E-state index contributed by atoms with van der Waals surface area (Å²) in [4.78, 5) is 2.42. The molecule has 2 nitrogen and oxygen atoms in total. The van der Waals surface area contributed by atoms with Crippen LogP contribution in [0.15, 0.2) is 146 Å². The van der Waals surface area contributed by atoms with Gasteiger partial charge in [0, 0.05) is 33.2 Å². The van der Waals surface area contributed by atoms with Crippen LogP contribution in [0.5, 0.6) is 0 Å². The van der Waals surface area contributed by atoms with Gasteiger partial charge in [0.1, 0.15) is 0 Å². The molecule has 2 heteroatoms. The first-order valence-electron chi connectivity index (χ1n) is 16.3. The lowest BCUT2D eigenvalue weighted by atomic mass is 9.73. The van der Waals surface area contributed by atoms with Gasteiger partial charge in [-0.25, -0.2) is 0 Å². The largest absolute Gasteiger partial charge is 0.312 e. The van der Waals surface area contributed by atoms with Crippen molar-refractivity contribution in [3.05, 3.63) is 168 Å². The first kappa shape index (κ1) is 27.0. The number of hydrogen-bond acceptors (Lipinski definition) is 1. The Hall–Kier alpha value is -5.34. The minimum Gasteiger partial charge on any atom is -0.312 e. The maximum atomic E-state index is 2.52. The molecule has 0 amide bonds. The molecule has 0 saturated carbocycles. The van der Waals surface area contributed by atoms with Crippen LogP contribution in [-0.4, -0.2) is 4.57 Å². The number of fused-ring (bicyclic) bond motifs is 7. The Morgan fingerprint density at radius 1 is 0.435 bits per heavy atom. The maximum absolute atomic E-state index is 2.52. The average molecular weight is 593 g/mol. The van der Waals surface area contributed by atoms with Crippen LogP contribution in [0, 0.1) is 0 Å². The number of benzene rings is 6. The van der Waals surface area contributed by atoms with Crippen LogP contribution in [0.3, 0.4) is 0 Å². The van der Waals surface area contributed by atoms with Crippen molar-refractivity contribution in [3.8, 4) is 27.9 Å². The molecule has 2 aliphatic rings. The molecule has 0 fully saturated rings. The number of aromatic nitrogens is 1. The summed E-state index contributed by atoms with van der Waals surface area (Å²) < 4.78 is 2.52. The van der Waals surface area contributed by atoms with E-state index in [2.05, 4.69) is 183 Å². The Morgan fingerprint density at radius 3 is 1.74 bits per heavy atom. The van der Waals surface area contributed by atoms with Gasteiger partial charge in [-0.2, -0.15) is 0 Å². The van der Waals surface area contributed by atoms with Gasteiger partial charge in [0.15, 0.2) is 0 Å². The second-order valence-electron chi connectivity index (χ2n) is 13.8. The summed E-state index contributed by atoms with van der Waals surface area (Å²) >= 11 is 0. The molecule has 0 N–H and O–H groups in total. The monoisotopic (exact) mass is 592 g/mol. The molecule has 0 spiro atoms. The second-order valence-corrected chi connectivity index (χ2v) is 13.8. The topological polar surface area (TPSA) is 8.17 Å². The van der Waals surface area contributed by atoms with E-state index < -0.39 is 0 Å². The molecular formula is C44H36N2. The fourth-order valence-corrected chi connectivity index (χ4v) is 8.27. The van der Waals surface area contributed by atoms with Gasteiger partial charge in [0.05, 0.1) is 22.6 Å². The predicted octanol–water partition coefficient (Wildman–Crippen LogP) is 11.7. The third-order valence-corrected chi connectivity index (χ3v) is 10.5. The highest BCUT2D eigenvalue weighted by Crippen LogP contribution is 2.54. The summed E-state index contributed by atoms with van der Waals surface area (Å²) in [5.41, 5.74) is 16.5. The lowest BCUT2D eigenvalue weighted by Gasteiger charge is -2.42. The number of para-hydroxylation sites is 3. The highest BCUT2D eigenvalue weighted by atomic mass is 15.2. The molecular weight excluding hydrogens is 556 g/mol. The van der Waals surface area contributed by atoms with E-state index in [4.69, 9.17) is 0 Å². The van der Waals surface area contributed by atoms with Crippen LogP contribution in [-0.2, 0) is 10.8 Å². The molecule has 222 valence electrons. The number of hydrogen-bond donors (Lipinski definition) is 0. The molecule has 7 aromatic rings. The molecule has 3 heterocycles. The van der Waals surface area contributed by atoms with Crippen molar-refractivity contribution < 1.29 is 0 Å². The zero-order valence-electron chi connectivity index (χ0n) is 26.8. The van der Waals surface area contributed by atoms with Gasteiger partial charge in [-0.1, -0.05) is 125 Å². The molecule has 6 aromatic carbocycles. The number of anilines is 3. The van der Waals surface area contributed by atoms with Crippen molar-refractivity contribution in [2.45, 2.75) is 38.5 Å². The molecule has 0 bridgehead atoms. The third-order valence-electron chi connectivity index (χ3n) is 10.5. The van der Waals surface area contributed by atoms with Crippen molar-refractivity contribution in [2.75, 3.05) is 4.90 Å². The smallest absolute Gasteiger partial charge is 0.0538 e. The Balaban J connectivity index is 1.27. The van der Waals surface area contributed by atoms with Crippen LogP contribution < -0.4 is 4.90 Å². The Kier molecular flexibility index (Phi) is 5.63. The maximum Gasteiger partial charge on any atom is 0.0538 e.